The van der Waals surface area contributed by atoms with Crippen LogP contribution in [0.2, 0.25) is 0 Å². The van der Waals surface area contributed by atoms with Gasteiger partial charge in [-0.3, -0.25) is 4.79 Å². The first kappa shape index (κ1) is 23.4. The second-order valence-corrected chi connectivity index (χ2v) is 9.20. The quantitative estimate of drug-likeness (QED) is 0.649. The minimum Gasteiger partial charge on any atom is -0.467 e. The van der Waals surface area contributed by atoms with Gasteiger partial charge in [0, 0.05) is 18.4 Å². The third-order valence-corrected chi connectivity index (χ3v) is 5.40. The Morgan fingerprint density at radius 3 is 2.24 bits per heavy atom. The van der Waals surface area contributed by atoms with Gasteiger partial charge in [-0.1, -0.05) is 13.3 Å². The van der Waals surface area contributed by atoms with E-state index in [4.69, 9.17) is 4.74 Å². The van der Waals surface area contributed by atoms with Gasteiger partial charge in [-0.2, -0.15) is 4.36 Å². The number of hydrogen-bond acceptors (Lipinski definition) is 6. The van der Waals surface area contributed by atoms with Crippen LogP contribution in [0, 0.1) is 0 Å². The van der Waals surface area contributed by atoms with Crippen LogP contribution in [0.4, 0.5) is 4.79 Å². The van der Waals surface area contributed by atoms with Gasteiger partial charge in [-0.25, -0.2) is 13.8 Å². The van der Waals surface area contributed by atoms with Gasteiger partial charge in [0.2, 0.25) is 0 Å². The molecule has 0 rings (SSSR count). The standard InChI is InChI=1S/C16H30N2O6S/c1-7-8-10-25(22,18-12(2)19)11-9-13(14(20)23-6)17-15(21)24-16(3,4)5/h13H,7-11H2,1-6H3,(H,17,21)/t13-,25?/m0/s1. The molecule has 2 amide bonds. The maximum Gasteiger partial charge on any atom is 0.408 e. The molecule has 0 aliphatic rings. The highest BCUT2D eigenvalue weighted by Crippen LogP contribution is 2.10. The van der Waals surface area contributed by atoms with E-state index in [2.05, 4.69) is 14.4 Å². The molecule has 1 N–H and O–H groups in total. The van der Waals surface area contributed by atoms with Crippen molar-refractivity contribution < 1.29 is 28.1 Å². The van der Waals surface area contributed by atoms with Gasteiger partial charge in [-0.15, -0.1) is 0 Å². The Hall–Kier alpha value is -1.64. The Morgan fingerprint density at radius 1 is 1.20 bits per heavy atom. The fourth-order valence-electron chi connectivity index (χ4n) is 1.94. The summed E-state index contributed by atoms with van der Waals surface area (Å²) >= 11 is 0. The van der Waals surface area contributed by atoms with E-state index in [1.165, 1.54) is 14.0 Å². The van der Waals surface area contributed by atoms with Crippen molar-refractivity contribution in [2.45, 2.75) is 65.5 Å². The first-order valence-electron chi connectivity index (χ1n) is 8.23. The molecule has 0 aromatic carbocycles. The third kappa shape index (κ3) is 10.8. The third-order valence-electron chi connectivity index (χ3n) is 3.01. The maximum absolute atomic E-state index is 12.8. The molecule has 0 heterocycles. The summed E-state index contributed by atoms with van der Waals surface area (Å²) in [6, 6.07) is -1.02. The molecule has 0 aliphatic carbocycles. The molecule has 0 spiro atoms. The largest absolute Gasteiger partial charge is 0.467 e. The summed E-state index contributed by atoms with van der Waals surface area (Å²) in [4.78, 5) is 35.0. The molecule has 146 valence electrons. The second kappa shape index (κ2) is 10.4. The fraction of sp³-hybridized carbons (Fsp3) is 0.812. The van der Waals surface area contributed by atoms with Crippen molar-refractivity contribution in [1.82, 2.24) is 5.32 Å². The van der Waals surface area contributed by atoms with Gasteiger partial charge in [0.25, 0.3) is 5.91 Å². The number of nitrogens with zero attached hydrogens (tertiary/aromatic N) is 1. The van der Waals surface area contributed by atoms with Gasteiger partial charge in [0.1, 0.15) is 11.6 Å². The SMILES string of the molecule is CCCCS(=O)(CC[C@H](NC(=O)OC(C)(C)C)C(=O)OC)=NC(C)=O. The first-order valence-corrected chi connectivity index (χ1v) is 10.1. The van der Waals surface area contributed by atoms with Crippen LogP contribution in [0.1, 0.15) is 53.9 Å². The van der Waals surface area contributed by atoms with E-state index in [0.717, 1.165) is 6.42 Å². The summed E-state index contributed by atoms with van der Waals surface area (Å²) < 4.78 is 26.3. The van der Waals surface area contributed by atoms with Crippen molar-refractivity contribution >= 4 is 27.7 Å². The smallest absolute Gasteiger partial charge is 0.408 e. The van der Waals surface area contributed by atoms with E-state index in [9.17, 15) is 18.6 Å². The molecule has 0 aromatic heterocycles. The van der Waals surface area contributed by atoms with Crippen LogP contribution in [0.15, 0.2) is 4.36 Å². The molecule has 0 aliphatic heterocycles. The topological polar surface area (TPSA) is 111 Å². The summed E-state index contributed by atoms with van der Waals surface area (Å²) in [5, 5.41) is 2.42. The van der Waals surface area contributed by atoms with Crippen molar-refractivity contribution in [2.75, 3.05) is 18.6 Å². The number of amides is 2. The van der Waals surface area contributed by atoms with Crippen LogP contribution >= 0.6 is 0 Å². The molecule has 0 fully saturated rings. The predicted octanol–water partition coefficient (Wildman–Crippen LogP) is 2.26. The van der Waals surface area contributed by atoms with Crippen LogP contribution < -0.4 is 5.32 Å². The molecule has 0 aromatic rings. The number of nitrogens with one attached hydrogen (secondary N) is 1. The van der Waals surface area contributed by atoms with E-state index in [1.54, 1.807) is 20.8 Å². The highest BCUT2D eigenvalue weighted by molar-refractivity contribution is 7.93. The average molecular weight is 378 g/mol. The minimum atomic E-state index is -2.78. The van der Waals surface area contributed by atoms with Gasteiger partial charge in [0.15, 0.2) is 0 Å². The summed E-state index contributed by atoms with van der Waals surface area (Å²) in [7, 11) is -1.59. The van der Waals surface area contributed by atoms with Crippen LogP contribution in [0.5, 0.6) is 0 Å². The number of alkyl carbamates (subject to hydrolysis) is 1. The number of rotatable bonds is 8. The molecule has 0 saturated heterocycles. The number of ether oxygens (including phenoxy) is 2. The van der Waals surface area contributed by atoms with E-state index >= 15 is 0 Å². The zero-order valence-corrected chi connectivity index (χ0v) is 16.7. The van der Waals surface area contributed by atoms with Crippen LogP contribution in [0.25, 0.3) is 0 Å². The molecule has 9 heteroatoms. The number of carbonyl (C=O) groups excluding carboxylic acids is 3. The lowest BCUT2D eigenvalue weighted by atomic mass is 10.2. The monoisotopic (exact) mass is 378 g/mol. The summed E-state index contributed by atoms with van der Waals surface area (Å²) in [6.07, 6.45) is 0.719. The molecular formula is C16H30N2O6S. The predicted molar refractivity (Wildman–Crippen MR) is 95.7 cm³/mol. The molecule has 0 bridgehead atoms. The van der Waals surface area contributed by atoms with E-state index in [0.29, 0.717) is 6.42 Å². The Labute approximate surface area is 150 Å². The highest BCUT2D eigenvalue weighted by atomic mass is 32.2. The molecule has 25 heavy (non-hydrogen) atoms. The van der Waals surface area contributed by atoms with Crippen molar-refractivity contribution in [3.05, 3.63) is 0 Å². The van der Waals surface area contributed by atoms with Gasteiger partial charge in [0.05, 0.1) is 16.8 Å². The molecule has 0 radical (unpaired) electrons. The molecule has 8 nitrogen and oxygen atoms in total. The van der Waals surface area contributed by atoms with Gasteiger partial charge in [-0.05, 0) is 33.6 Å². The van der Waals surface area contributed by atoms with Crippen LogP contribution in [0.3, 0.4) is 0 Å². The molecule has 1 unspecified atom stereocenters. The first-order chi connectivity index (χ1) is 11.4. The maximum atomic E-state index is 12.8. The number of carbonyl (C=O) groups is 3. The Kier molecular flexibility index (Phi) is 9.69. The summed E-state index contributed by atoms with van der Waals surface area (Å²) in [5.41, 5.74) is -0.719. The van der Waals surface area contributed by atoms with Crippen molar-refractivity contribution in [3.63, 3.8) is 0 Å². The lowest BCUT2D eigenvalue weighted by Crippen LogP contribution is -2.45. The lowest BCUT2D eigenvalue weighted by molar-refractivity contribution is -0.143. The summed E-state index contributed by atoms with van der Waals surface area (Å²) in [5.74, 6) is -0.923. The molecular weight excluding hydrogens is 348 g/mol. The van der Waals surface area contributed by atoms with Crippen molar-refractivity contribution in [2.24, 2.45) is 4.36 Å². The van der Waals surface area contributed by atoms with Crippen LogP contribution in [-0.2, 0) is 28.8 Å². The Bertz CT molecular complexity index is 588. The molecule has 0 saturated carbocycles. The van der Waals surface area contributed by atoms with Crippen molar-refractivity contribution in [1.29, 1.82) is 0 Å². The van der Waals surface area contributed by atoms with E-state index in [1.807, 2.05) is 6.92 Å². The number of unbranched alkanes of at least 4 members (excludes halogenated alkanes) is 1. The average Bonchev–Trinajstić information content (AvgIpc) is 2.46. The molecule has 2 atom stereocenters. The lowest BCUT2D eigenvalue weighted by Gasteiger charge is -2.23. The van der Waals surface area contributed by atoms with Crippen LogP contribution in [-0.4, -0.2) is 52.4 Å². The Balaban J connectivity index is 5.13. The normalized spacial score (nSPS) is 14.8. The van der Waals surface area contributed by atoms with Gasteiger partial charge >= 0.3 is 12.1 Å². The van der Waals surface area contributed by atoms with Crippen molar-refractivity contribution in [3.8, 4) is 0 Å². The fourth-order valence-corrected chi connectivity index (χ4v) is 4.14. The van der Waals surface area contributed by atoms with E-state index in [-0.39, 0.29) is 17.9 Å². The zero-order chi connectivity index (χ0) is 19.7. The number of methoxy groups -OCH3 is 1. The summed E-state index contributed by atoms with van der Waals surface area (Å²) in [6.45, 7) is 8.27. The number of hydrogen-bond donors (Lipinski definition) is 1. The minimum absolute atomic E-state index is 0.00213. The van der Waals surface area contributed by atoms with Gasteiger partial charge < -0.3 is 14.8 Å². The Morgan fingerprint density at radius 2 is 1.80 bits per heavy atom. The highest BCUT2D eigenvalue weighted by Gasteiger charge is 2.26. The second-order valence-electron chi connectivity index (χ2n) is 6.66. The van der Waals surface area contributed by atoms with E-state index < -0.39 is 39.3 Å². The zero-order valence-electron chi connectivity index (χ0n) is 15.9. The number of esters is 1.